The minimum atomic E-state index is -0.719. The predicted octanol–water partition coefficient (Wildman–Crippen LogP) is 5.07. The van der Waals surface area contributed by atoms with Crippen LogP contribution in [0.1, 0.15) is 5.56 Å². The number of halogens is 4. The van der Waals surface area contributed by atoms with E-state index in [1.807, 2.05) is 6.07 Å². The van der Waals surface area contributed by atoms with Crippen LogP contribution in [0.4, 0.5) is 20.3 Å². The Morgan fingerprint density at radius 1 is 1.12 bits per heavy atom. The van der Waals surface area contributed by atoms with Crippen molar-refractivity contribution >= 4 is 44.9 Å². The summed E-state index contributed by atoms with van der Waals surface area (Å²) in [4.78, 5) is 4.31. The van der Waals surface area contributed by atoms with Crippen LogP contribution in [-0.4, -0.2) is 15.6 Å². The summed E-state index contributed by atoms with van der Waals surface area (Å²) in [5.74, 6) is -1.12. The van der Waals surface area contributed by atoms with Crippen molar-refractivity contribution in [2.24, 2.45) is 4.99 Å². The van der Waals surface area contributed by atoms with Crippen LogP contribution in [0, 0.1) is 11.6 Å². The van der Waals surface area contributed by atoms with Gasteiger partial charge in [0.1, 0.15) is 22.5 Å². The Morgan fingerprint density at radius 3 is 2.62 bits per heavy atom. The van der Waals surface area contributed by atoms with Crippen LogP contribution in [0.25, 0.3) is 5.69 Å². The lowest BCUT2D eigenvalue weighted by atomic mass is 10.1. The summed E-state index contributed by atoms with van der Waals surface area (Å²) in [6, 6.07) is 9.03. The van der Waals surface area contributed by atoms with Crippen molar-refractivity contribution in [3.05, 3.63) is 69.3 Å². The molecule has 24 heavy (non-hydrogen) atoms. The van der Waals surface area contributed by atoms with E-state index in [-0.39, 0.29) is 16.4 Å². The molecule has 4 nitrogen and oxygen atoms in total. The molecule has 0 atom stereocenters. The summed E-state index contributed by atoms with van der Waals surface area (Å²) < 4.78 is 30.7. The van der Waals surface area contributed by atoms with Gasteiger partial charge in [-0.15, -0.1) is 0 Å². The van der Waals surface area contributed by atoms with Crippen LogP contribution < -0.4 is 5.32 Å². The van der Waals surface area contributed by atoms with Crippen LogP contribution >= 0.6 is 27.5 Å². The van der Waals surface area contributed by atoms with Crippen molar-refractivity contribution < 1.29 is 8.78 Å². The highest BCUT2D eigenvalue weighted by molar-refractivity contribution is 9.10. The van der Waals surface area contributed by atoms with Gasteiger partial charge in [0.15, 0.2) is 5.82 Å². The first kappa shape index (κ1) is 15.3. The van der Waals surface area contributed by atoms with Crippen LogP contribution in [0.15, 0.2) is 52.1 Å². The summed E-state index contributed by atoms with van der Waals surface area (Å²) in [5, 5.41) is 7.45. The largest absolute Gasteiger partial charge is 0.338 e. The third-order valence-corrected chi connectivity index (χ3v) is 4.32. The monoisotopic (exact) mass is 408 g/mol. The van der Waals surface area contributed by atoms with Crippen molar-refractivity contribution in [1.82, 2.24) is 9.78 Å². The number of anilines is 1. The number of hydrogen-bond donors (Lipinski definition) is 1. The number of fused-ring (bicyclic) bond motifs is 3. The molecule has 0 spiro atoms. The van der Waals surface area contributed by atoms with Crippen molar-refractivity contribution in [3.8, 4) is 5.69 Å². The molecule has 0 radical (unpaired) electrons. The van der Waals surface area contributed by atoms with Gasteiger partial charge in [-0.25, -0.2) is 18.5 Å². The number of benzene rings is 2. The van der Waals surface area contributed by atoms with Crippen molar-refractivity contribution in [1.29, 1.82) is 0 Å². The van der Waals surface area contributed by atoms with Crippen molar-refractivity contribution in [3.63, 3.8) is 0 Å². The van der Waals surface area contributed by atoms with Crippen molar-refractivity contribution in [2.75, 3.05) is 5.32 Å². The fourth-order valence-corrected chi connectivity index (χ4v) is 3.00. The maximum atomic E-state index is 14.2. The lowest BCUT2D eigenvalue weighted by molar-refractivity contribution is 0.579. The molecule has 1 aromatic heterocycles. The molecule has 120 valence electrons. The van der Waals surface area contributed by atoms with Gasteiger partial charge < -0.3 is 5.32 Å². The van der Waals surface area contributed by atoms with Gasteiger partial charge in [0.2, 0.25) is 0 Å². The van der Waals surface area contributed by atoms with Gasteiger partial charge in [0.05, 0.1) is 23.1 Å². The van der Waals surface area contributed by atoms with Gasteiger partial charge in [-0.1, -0.05) is 33.6 Å². The Labute approximate surface area is 148 Å². The Hall–Kier alpha value is -2.25. The quantitative estimate of drug-likeness (QED) is 0.610. The Balaban J connectivity index is 2.01. The average molecular weight is 410 g/mol. The predicted molar refractivity (Wildman–Crippen MR) is 92.5 cm³/mol. The molecule has 0 fully saturated rings. The van der Waals surface area contributed by atoms with E-state index in [1.54, 1.807) is 12.1 Å². The number of nitrogens with zero attached hydrogens (tertiary/aromatic N) is 3. The second-order valence-corrected chi connectivity index (χ2v) is 6.39. The van der Waals surface area contributed by atoms with E-state index < -0.39 is 11.6 Å². The Kier molecular flexibility index (Phi) is 3.62. The van der Waals surface area contributed by atoms with Gasteiger partial charge in [0.25, 0.3) is 0 Å². The highest BCUT2D eigenvalue weighted by Crippen LogP contribution is 2.35. The van der Waals surface area contributed by atoms with E-state index in [1.165, 1.54) is 29.1 Å². The number of amidine groups is 1. The Bertz CT molecular complexity index is 979. The molecular formula is C16H8BrClF2N4. The third kappa shape index (κ3) is 2.40. The molecule has 2 heterocycles. The van der Waals surface area contributed by atoms with Crippen LogP contribution in [0.5, 0.6) is 0 Å². The maximum absolute atomic E-state index is 14.2. The van der Waals surface area contributed by atoms with Gasteiger partial charge in [0, 0.05) is 4.47 Å². The van der Waals surface area contributed by atoms with Crippen LogP contribution in [-0.2, 0) is 0 Å². The second kappa shape index (κ2) is 5.68. The summed E-state index contributed by atoms with van der Waals surface area (Å²) >= 11 is 9.55. The zero-order chi connectivity index (χ0) is 16.8. The molecule has 1 aliphatic heterocycles. The summed E-state index contributed by atoms with van der Waals surface area (Å²) in [6.45, 7) is 0. The fourth-order valence-electron chi connectivity index (χ4n) is 2.49. The van der Waals surface area contributed by atoms with E-state index >= 15 is 0 Å². The summed E-state index contributed by atoms with van der Waals surface area (Å²) in [7, 11) is 0. The van der Waals surface area contributed by atoms with Crippen LogP contribution in [0.3, 0.4) is 0 Å². The number of aromatic nitrogens is 2. The number of hydrogen-bond acceptors (Lipinski definition) is 3. The minimum Gasteiger partial charge on any atom is -0.338 e. The molecule has 8 heteroatoms. The molecular weight excluding hydrogens is 402 g/mol. The maximum Gasteiger partial charge on any atom is 0.176 e. The zero-order valence-electron chi connectivity index (χ0n) is 11.9. The van der Waals surface area contributed by atoms with Crippen LogP contribution in [0.2, 0.25) is 5.02 Å². The molecule has 0 unspecified atom stereocenters. The third-order valence-electron chi connectivity index (χ3n) is 3.56. The standard InChI is InChI=1S/C16H8BrClF2N4/c17-8-4-5-12-13(6-8)24-16(9(18)7-21-24)23-15(22-12)14-10(19)2-1-3-11(14)20/h1-7H,(H,22,23). The average Bonchev–Trinajstić information content (AvgIpc) is 2.81. The van der Waals surface area contributed by atoms with Gasteiger partial charge in [-0.3, -0.25) is 0 Å². The van der Waals surface area contributed by atoms with Gasteiger partial charge >= 0.3 is 0 Å². The number of nitrogens with one attached hydrogen (secondary N) is 1. The lowest BCUT2D eigenvalue weighted by Gasteiger charge is -2.12. The SMILES string of the molecule is Fc1cccc(F)c1C1=Nc2c(Cl)cnn2-c2cc(Br)ccc2N1. The topological polar surface area (TPSA) is 42.2 Å². The minimum absolute atomic E-state index is 0.0234. The lowest BCUT2D eigenvalue weighted by Crippen LogP contribution is -2.17. The first-order valence-electron chi connectivity index (χ1n) is 6.88. The highest BCUT2D eigenvalue weighted by atomic mass is 79.9. The highest BCUT2D eigenvalue weighted by Gasteiger charge is 2.23. The Morgan fingerprint density at radius 2 is 1.88 bits per heavy atom. The fraction of sp³-hybridized carbons (Fsp3) is 0. The van der Waals surface area contributed by atoms with E-state index in [4.69, 9.17) is 11.6 Å². The summed E-state index contributed by atoms with van der Waals surface area (Å²) in [6.07, 6.45) is 1.44. The molecule has 0 saturated heterocycles. The first-order valence-corrected chi connectivity index (χ1v) is 8.05. The zero-order valence-corrected chi connectivity index (χ0v) is 14.2. The van der Waals surface area contributed by atoms with E-state index in [2.05, 4.69) is 31.3 Å². The smallest absolute Gasteiger partial charge is 0.176 e. The molecule has 1 aliphatic rings. The number of rotatable bonds is 1. The normalized spacial score (nSPS) is 12.8. The molecule has 0 saturated carbocycles. The molecule has 0 amide bonds. The molecule has 3 aromatic rings. The van der Waals surface area contributed by atoms with Gasteiger partial charge in [-0.05, 0) is 30.3 Å². The second-order valence-electron chi connectivity index (χ2n) is 5.07. The first-order chi connectivity index (χ1) is 11.5. The summed E-state index contributed by atoms with van der Waals surface area (Å²) in [5.41, 5.74) is 0.997. The molecule has 4 rings (SSSR count). The van der Waals surface area contributed by atoms with E-state index in [9.17, 15) is 8.78 Å². The van der Waals surface area contributed by atoms with E-state index in [0.29, 0.717) is 17.2 Å². The molecule has 0 bridgehead atoms. The molecule has 2 aromatic carbocycles. The number of aliphatic imine (C=N–C) groups is 1. The van der Waals surface area contributed by atoms with Crippen molar-refractivity contribution in [2.45, 2.75) is 0 Å². The molecule has 1 N–H and O–H groups in total. The van der Waals surface area contributed by atoms with Gasteiger partial charge in [-0.2, -0.15) is 5.10 Å². The van der Waals surface area contributed by atoms with E-state index in [0.717, 1.165) is 4.47 Å². The molecule has 0 aliphatic carbocycles.